The largest absolute Gasteiger partial charge is 0.487 e. The molecule has 1 aromatic rings. The molecule has 21 heavy (non-hydrogen) atoms. The molecule has 5 heteroatoms. The van der Waals surface area contributed by atoms with Crippen LogP contribution < -0.4 is 9.64 Å². The van der Waals surface area contributed by atoms with Gasteiger partial charge in [0.05, 0.1) is 12.6 Å². The van der Waals surface area contributed by atoms with Crippen LogP contribution >= 0.6 is 0 Å². The van der Waals surface area contributed by atoms with E-state index in [1.807, 2.05) is 26.1 Å². The lowest BCUT2D eigenvalue weighted by molar-refractivity contribution is -0.0414. The van der Waals surface area contributed by atoms with Crippen molar-refractivity contribution in [3.8, 4) is 5.75 Å². The zero-order valence-electron chi connectivity index (χ0n) is 13.5. The standard InChI is InChI=1S/C14H20N2O3.C2H6/c1-10-3-4-15-14-13(10)19-8-12-5-11(6-16(12)14)7-18-9-17-2;1-2/h3-4,11-12H,5-9H2,1-2H3;1-2H3. The SMILES string of the molecule is CC.COCOCC1CC2COc3c(C)ccnc3N2C1. The molecular formula is C16H26N2O3. The third-order valence-corrected chi connectivity index (χ3v) is 3.83. The molecule has 2 aliphatic rings. The molecule has 3 rings (SSSR count). The molecule has 0 aromatic carbocycles. The smallest absolute Gasteiger partial charge is 0.172 e. The first-order valence-electron chi connectivity index (χ1n) is 7.71. The maximum Gasteiger partial charge on any atom is 0.172 e. The maximum atomic E-state index is 5.87. The zero-order valence-corrected chi connectivity index (χ0v) is 13.5. The zero-order chi connectivity index (χ0) is 15.2. The fourth-order valence-electron chi connectivity index (χ4n) is 2.94. The van der Waals surface area contributed by atoms with Gasteiger partial charge in [0, 0.05) is 25.8 Å². The van der Waals surface area contributed by atoms with Gasteiger partial charge in [0.2, 0.25) is 0 Å². The first-order chi connectivity index (χ1) is 10.3. The minimum atomic E-state index is 0.367. The summed E-state index contributed by atoms with van der Waals surface area (Å²) >= 11 is 0. The Labute approximate surface area is 127 Å². The van der Waals surface area contributed by atoms with Crippen LogP contribution in [0.4, 0.5) is 5.82 Å². The number of methoxy groups -OCH3 is 1. The van der Waals surface area contributed by atoms with Crippen molar-refractivity contribution >= 4 is 5.82 Å². The molecule has 0 aliphatic carbocycles. The van der Waals surface area contributed by atoms with E-state index in [9.17, 15) is 0 Å². The van der Waals surface area contributed by atoms with Crippen LogP contribution in [-0.4, -0.2) is 44.7 Å². The van der Waals surface area contributed by atoms with Crippen LogP contribution in [0, 0.1) is 12.8 Å². The molecule has 2 atom stereocenters. The Kier molecular flexibility index (Phi) is 5.82. The van der Waals surface area contributed by atoms with Crippen LogP contribution in [0.25, 0.3) is 0 Å². The van der Waals surface area contributed by atoms with Gasteiger partial charge in [0.1, 0.15) is 13.4 Å². The summed E-state index contributed by atoms with van der Waals surface area (Å²) in [4.78, 5) is 6.86. The number of ether oxygens (including phenoxy) is 3. The Balaban J connectivity index is 0.000000774. The van der Waals surface area contributed by atoms with Crippen LogP contribution in [0.3, 0.4) is 0 Å². The number of rotatable bonds is 4. The second kappa shape index (κ2) is 7.61. The van der Waals surface area contributed by atoms with Crippen molar-refractivity contribution in [3.63, 3.8) is 0 Å². The van der Waals surface area contributed by atoms with E-state index in [1.165, 1.54) is 0 Å². The topological polar surface area (TPSA) is 43.8 Å². The summed E-state index contributed by atoms with van der Waals surface area (Å²) in [5.41, 5.74) is 1.16. The summed E-state index contributed by atoms with van der Waals surface area (Å²) in [5.74, 6) is 2.46. The van der Waals surface area contributed by atoms with Crippen molar-refractivity contribution < 1.29 is 14.2 Å². The van der Waals surface area contributed by atoms with Gasteiger partial charge in [-0.05, 0) is 25.0 Å². The van der Waals surface area contributed by atoms with Gasteiger partial charge in [-0.1, -0.05) is 13.8 Å². The van der Waals surface area contributed by atoms with E-state index in [1.54, 1.807) is 7.11 Å². The van der Waals surface area contributed by atoms with Crippen molar-refractivity contribution in [2.24, 2.45) is 5.92 Å². The fraction of sp³-hybridized carbons (Fsp3) is 0.688. The Morgan fingerprint density at radius 1 is 1.43 bits per heavy atom. The summed E-state index contributed by atoms with van der Waals surface area (Å²) in [6, 6.07) is 2.42. The highest BCUT2D eigenvalue weighted by Crippen LogP contribution is 2.39. The summed E-state index contributed by atoms with van der Waals surface area (Å²) in [6.45, 7) is 8.91. The molecule has 1 aromatic heterocycles. The highest BCUT2D eigenvalue weighted by molar-refractivity contribution is 5.59. The predicted octanol–water partition coefficient (Wildman–Crippen LogP) is 2.62. The van der Waals surface area contributed by atoms with Crippen LogP contribution in [0.1, 0.15) is 25.8 Å². The van der Waals surface area contributed by atoms with Gasteiger partial charge in [-0.15, -0.1) is 0 Å². The Morgan fingerprint density at radius 2 is 2.24 bits per heavy atom. The van der Waals surface area contributed by atoms with Crippen LogP contribution in [-0.2, 0) is 9.47 Å². The van der Waals surface area contributed by atoms with Crippen molar-refractivity contribution in [2.45, 2.75) is 33.2 Å². The molecule has 2 aliphatic heterocycles. The van der Waals surface area contributed by atoms with Crippen LogP contribution in [0.2, 0.25) is 0 Å². The van der Waals surface area contributed by atoms with E-state index in [4.69, 9.17) is 14.2 Å². The number of anilines is 1. The molecule has 0 N–H and O–H groups in total. The van der Waals surface area contributed by atoms with Gasteiger partial charge in [-0.25, -0.2) is 4.98 Å². The molecule has 0 bridgehead atoms. The second-order valence-corrected chi connectivity index (χ2v) is 5.28. The maximum absolute atomic E-state index is 5.87. The normalized spacial score (nSPS) is 22.8. The number of hydrogen-bond acceptors (Lipinski definition) is 5. The van der Waals surface area contributed by atoms with E-state index >= 15 is 0 Å². The Bertz CT molecular complexity index is 453. The molecule has 0 amide bonds. The quantitative estimate of drug-likeness (QED) is 0.631. The third kappa shape index (κ3) is 3.47. The van der Waals surface area contributed by atoms with E-state index in [0.29, 0.717) is 18.8 Å². The summed E-state index contributed by atoms with van der Waals surface area (Å²) in [7, 11) is 1.65. The molecule has 0 radical (unpaired) electrons. The Morgan fingerprint density at radius 3 is 3.00 bits per heavy atom. The van der Waals surface area contributed by atoms with E-state index in [2.05, 4.69) is 16.8 Å². The predicted molar refractivity (Wildman–Crippen MR) is 82.9 cm³/mol. The number of hydrogen-bond donors (Lipinski definition) is 0. The molecule has 2 unspecified atom stereocenters. The van der Waals surface area contributed by atoms with Gasteiger partial charge < -0.3 is 19.1 Å². The monoisotopic (exact) mass is 294 g/mol. The van der Waals surface area contributed by atoms with Crippen LogP contribution in [0.15, 0.2) is 12.3 Å². The second-order valence-electron chi connectivity index (χ2n) is 5.28. The lowest BCUT2D eigenvalue weighted by Gasteiger charge is -2.32. The average Bonchev–Trinajstić information content (AvgIpc) is 2.93. The highest BCUT2D eigenvalue weighted by atomic mass is 16.7. The molecule has 1 fully saturated rings. The summed E-state index contributed by atoms with van der Waals surface area (Å²) in [6.07, 6.45) is 2.95. The van der Waals surface area contributed by atoms with E-state index in [-0.39, 0.29) is 0 Å². The van der Waals surface area contributed by atoms with E-state index < -0.39 is 0 Å². The highest BCUT2D eigenvalue weighted by Gasteiger charge is 2.38. The summed E-state index contributed by atoms with van der Waals surface area (Å²) in [5, 5.41) is 0. The van der Waals surface area contributed by atoms with Crippen molar-refractivity contribution in [2.75, 3.05) is 38.6 Å². The van der Waals surface area contributed by atoms with Gasteiger partial charge in [0.15, 0.2) is 11.6 Å². The Hall–Kier alpha value is -1.33. The fourth-order valence-corrected chi connectivity index (χ4v) is 2.94. The molecule has 118 valence electrons. The molecule has 1 saturated heterocycles. The van der Waals surface area contributed by atoms with Crippen LogP contribution in [0.5, 0.6) is 5.75 Å². The van der Waals surface area contributed by atoms with Crippen molar-refractivity contribution in [1.29, 1.82) is 0 Å². The lowest BCUT2D eigenvalue weighted by Crippen LogP contribution is -2.39. The molecule has 3 heterocycles. The molecule has 5 nitrogen and oxygen atoms in total. The number of pyridine rings is 1. The average molecular weight is 294 g/mol. The van der Waals surface area contributed by atoms with E-state index in [0.717, 1.165) is 43.3 Å². The number of nitrogens with zero attached hydrogens (tertiary/aromatic N) is 2. The number of aryl methyl sites for hydroxylation is 1. The summed E-state index contributed by atoms with van der Waals surface area (Å²) < 4.78 is 16.3. The molecule has 0 saturated carbocycles. The lowest BCUT2D eigenvalue weighted by atomic mass is 10.1. The minimum Gasteiger partial charge on any atom is -0.487 e. The number of fused-ring (bicyclic) bond motifs is 3. The van der Waals surface area contributed by atoms with Gasteiger partial charge in [-0.3, -0.25) is 0 Å². The molecule has 0 spiro atoms. The van der Waals surface area contributed by atoms with Gasteiger partial charge >= 0.3 is 0 Å². The first kappa shape index (κ1) is 16.0. The molecular weight excluding hydrogens is 268 g/mol. The number of aromatic nitrogens is 1. The third-order valence-electron chi connectivity index (χ3n) is 3.83. The first-order valence-corrected chi connectivity index (χ1v) is 7.71. The van der Waals surface area contributed by atoms with Gasteiger partial charge in [-0.2, -0.15) is 0 Å². The van der Waals surface area contributed by atoms with Crippen molar-refractivity contribution in [3.05, 3.63) is 17.8 Å². The van der Waals surface area contributed by atoms with Gasteiger partial charge in [0.25, 0.3) is 0 Å². The minimum absolute atomic E-state index is 0.367. The van der Waals surface area contributed by atoms with Crippen molar-refractivity contribution in [1.82, 2.24) is 4.98 Å².